The summed E-state index contributed by atoms with van der Waals surface area (Å²) in [7, 11) is 0. The molecule has 204 valence electrons. The SMILES string of the molecule is C[C@H](c1ccccc1)N(CC(=O)N1CCCN(c2ccc(-c3ccccc3)nn2)CC1)C(=O)Cc1ccccc1. The zero-order valence-electron chi connectivity index (χ0n) is 22.9. The minimum Gasteiger partial charge on any atom is -0.353 e. The second kappa shape index (κ2) is 13.0. The van der Waals surface area contributed by atoms with Gasteiger partial charge < -0.3 is 14.7 Å². The van der Waals surface area contributed by atoms with E-state index in [0.29, 0.717) is 19.6 Å². The normalized spacial score (nSPS) is 14.3. The van der Waals surface area contributed by atoms with E-state index in [-0.39, 0.29) is 30.8 Å². The van der Waals surface area contributed by atoms with E-state index in [1.54, 1.807) is 4.90 Å². The zero-order chi connectivity index (χ0) is 27.7. The highest BCUT2D eigenvalue weighted by Gasteiger charge is 2.27. The van der Waals surface area contributed by atoms with Crippen molar-refractivity contribution in [1.82, 2.24) is 20.0 Å². The van der Waals surface area contributed by atoms with E-state index < -0.39 is 0 Å². The topological polar surface area (TPSA) is 69.6 Å². The van der Waals surface area contributed by atoms with E-state index in [0.717, 1.165) is 41.2 Å². The maximum Gasteiger partial charge on any atom is 0.242 e. The van der Waals surface area contributed by atoms with E-state index in [1.807, 2.05) is 115 Å². The van der Waals surface area contributed by atoms with Gasteiger partial charge in [0.2, 0.25) is 11.8 Å². The molecule has 0 spiro atoms. The van der Waals surface area contributed by atoms with Crippen molar-refractivity contribution in [3.8, 4) is 11.3 Å². The number of benzene rings is 3. The minimum absolute atomic E-state index is 0.0310. The largest absolute Gasteiger partial charge is 0.353 e. The number of carbonyl (C=O) groups excluding carboxylic acids is 2. The first-order valence-corrected chi connectivity index (χ1v) is 13.9. The highest BCUT2D eigenvalue weighted by atomic mass is 16.2. The fourth-order valence-corrected chi connectivity index (χ4v) is 5.12. The molecule has 5 rings (SSSR count). The van der Waals surface area contributed by atoms with Gasteiger partial charge in [-0.1, -0.05) is 91.0 Å². The zero-order valence-corrected chi connectivity index (χ0v) is 22.9. The van der Waals surface area contributed by atoms with Crippen molar-refractivity contribution in [3.63, 3.8) is 0 Å². The number of hydrogen-bond donors (Lipinski definition) is 0. The summed E-state index contributed by atoms with van der Waals surface area (Å²) in [4.78, 5) is 32.9. The number of hydrogen-bond acceptors (Lipinski definition) is 5. The molecule has 2 amide bonds. The molecule has 0 unspecified atom stereocenters. The van der Waals surface area contributed by atoms with Gasteiger partial charge in [-0.3, -0.25) is 9.59 Å². The van der Waals surface area contributed by atoms with Crippen molar-refractivity contribution in [2.75, 3.05) is 37.6 Å². The molecule has 0 aliphatic carbocycles. The Morgan fingerprint density at radius 3 is 2.12 bits per heavy atom. The Morgan fingerprint density at radius 1 is 0.775 bits per heavy atom. The molecule has 4 aromatic rings. The molecule has 2 heterocycles. The van der Waals surface area contributed by atoms with Crippen LogP contribution in [0.15, 0.2) is 103 Å². The van der Waals surface area contributed by atoms with Gasteiger partial charge >= 0.3 is 0 Å². The van der Waals surface area contributed by atoms with E-state index in [1.165, 1.54) is 0 Å². The smallest absolute Gasteiger partial charge is 0.242 e. The van der Waals surface area contributed by atoms with Crippen LogP contribution >= 0.6 is 0 Å². The molecule has 40 heavy (non-hydrogen) atoms. The third-order valence-electron chi connectivity index (χ3n) is 7.47. The summed E-state index contributed by atoms with van der Waals surface area (Å²) < 4.78 is 0. The predicted molar refractivity (Wildman–Crippen MR) is 158 cm³/mol. The summed E-state index contributed by atoms with van der Waals surface area (Å²) in [6.07, 6.45) is 1.08. The predicted octanol–water partition coefficient (Wildman–Crippen LogP) is 5.01. The lowest BCUT2D eigenvalue weighted by Gasteiger charge is -2.32. The summed E-state index contributed by atoms with van der Waals surface area (Å²) in [6.45, 7) is 4.71. The summed E-state index contributed by atoms with van der Waals surface area (Å²) in [5.74, 6) is 0.726. The Morgan fingerprint density at radius 2 is 1.45 bits per heavy atom. The number of rotatable bonds is 8. The van der Waals surface area contributed by atoms with Crippen LogP contribution in [0, 0.1) is 0 Å². The van der Waals surface area contributed by atoms with Crippen LogP contribution in [0.2, 0.25) is 0 Å². The third kappa shape index (κ3) is 6.72. The van der Waals surface area contributed by atoms with Gasteiger partial charge in [-0.15, -0.1) is 10.2 Å². The van der Waals surface area contributed by atoms with Crippen LogP contribution in [0.25, 0.3) is 11.3 Å². The second-order valence-electron chi connectivity index (χ2n) is 10.1. The van der Waals surface area contributed by atoms with Gasteiger partial charge in [-0.05, 0) is 36.6 Å². The maximum atomic E-state index is 13.6. The average molecular weight is 534 g/mol. The molecule has 7 heteroatoms. The van der Waals surface area contributed by atoms with E-state index in [2.05, 4.69) is 15.1 Å². The first-order chi connectivity index (χ1) is 19.6. The summed E-state index contributed by atoms with van der Waals surface area (Å²) in [6, 6.07) is 33.4. The Hall–Kier alpha value is -4.52. The molecule has 1 aliphatic heterocycles. The van der Waals surface area contributed by atoms with Crippen molar-refractivity contribution in [2.45, 2.75) is 25.8 Å². The van der Waals surface area contributed by atoms with Crippen LogP contribution in [-0.2, 0) is 16.0 Å². The Balaban J connectivity index is 1.25. The first-order valence-electron chi connectivity index (χ1n) is 13.9. The van der Waals surface area contributed by atoms with Crippen LogP contribution in [0.3, 0.4) is 0 Å². The molecule has 1 aromatic heterocycles. The molecular weight excluding hydrogens is 498 g/mol. The van der Waals surface area contributed by atoms with Crippen molar-refractivity contribution < 1.29 is 9.59 Å². The molecule has 0 saturated carbocycles. The molecule has 3 aromatic carbocycles. The molecule has 0 N–H and O–H groups in total. The van der Waals surface area contributed by atoms with Gasteiger partial charge in [0, 0.05) is 31.7 Å². The second-order valence-corrected chi connectivity index (χ2v) is 10.1. The van der Waals surface area contributed by atoms with Crippen LogP contribution in [0.4, 0.5) is 5.82 Å². The molecule has 0 radical (unpaired) electrons. The van der Waals surface area contributed by atoms with E-state index in [4.69, 9.17) is 0 Å². The number of nitrogens with zero attached hydrogens (tertiary/aromatic N) is 5. The summed E-state index contributed by atoms with van der Waals surface area (Å²) in [5, 5.41) is 8.91. The fourth-order valence-electron chi connectivity index (χ4n) is 5.12. The van der Waals surface area contributed by atoms with Gasteiger partial charge in [-0.25, -0.2) is 0 Å². The quantitative estimate of drug-likeness (QED) is 0.318. The van der Waals surface area contributed by atoms with Crippen molar-refractivity contribution >= 4 is 17.6 Å². The molecule has 1 atom stereocenters. The number of amides is 2. The van der Waals surface area contributed by atoms with Crippen LogP contribution in [0.1, 0.15) is 30.5 Å². The van der Waals surface area contributed by atoms with Gasteiger partial charge in [0.05, 0.1) is 18.2 Å². The highest BCUT2D eigenvalue weighted by molar-refractivity contribution is 5.86. The van der Waals surface area contributed by atoms with Crippen molar-refractivity contribution in [1.29, 1.82) is 0 Å². The summed E-state index contributed by atoms with van der Waals surface area (Å²) >= 11 is 0. The lowest BCUT2D eigenvalue weighted by molar-refractivity contribution is -0.142. The van der Waals surface area contributed by atoms with E-state index in [9.17, 15) is 9.59 Å². The first kappa shape index (κ1) is 27.1. The Bertz CT molecular complexity index is 1380. The average Bonchev–Trinajstić information content (AvgIpc) is 3.27. The number of aromatic nitrogens is 2. The lowest BCUT2D eigenvalue weighted by atomic mass is 10.0. The maximum absolute atomic E-state index is 13.6. The Kier molecular flexibility index (Phi) is 8.81. The Labute approximate surface area is 236 Å². The van der Waals surface area contributed by atoms with Crippen LogP contribution < -0.4 is 4.90 Å². The third-order valence-corrected chi connectivity index (χ3v) is 7.47. The number of carbonyl (C=O) groups is 2. The molecular formula is C33H35N5O2. The lowest BCUT2D eigenvalue weighted by Crippen LogP contribution is -2.45. The minimum atomic E-state index is -0.219. The van der Waals surface area contributed by atoms with Gasteiger partial charge in [-0.2, -0.15) is 0 Å². The van der Waals surface area contributed by atoms with Crippen molar-refractivity contribution in [2.24, 2.45) is 0 Å². The van der Waals surface area contributed by atoms with Crippen LogP contribution in [0.5, 0.6) is 0 Å². The highest BCUT2D eigenvalue weighted by Crippen LogP contribution is 2.23. The molecule has 1 fully saturated rings. The number of anilines is 1. The van der Waals surface area contributed by atoms with Gasteiger partial charge in [0.25, 0.3) is 0 Å². The fraction of sp³-hybridized carbons (Fsp3) is 0.273. The molecule has 7 nitrogen and oxygen atoms in total. The summed E-state index contributed by atoms with van der Waals surface area (Å²) in [5.41, 5.74) is 3.82. The van der Waals surface area contributed by atoms with Gasteiger partial charge in [0.1, 0.15) is 6.54 Å². The molecule has 1 aliphatic rings. The van der Waals surface area contributed by atoms with Crippen LogP contribution in [-0.4, -0.2) is 64.5 Å². The standard InChI is InChI=1S/C33H35N5O2/c1-26(28-14-7-3-8-15-28)38(32(39)24-27-12-5-2-6-13-27)25-33(40)37-21-11-20-36(22-23-37)31-19-18-30(34-35-31)29-16-9-4-10-17-29/h2-10,12-19,26H,11,20-25H2,1H3/t26-/m1/s1. The van der Waals surface area contributed by atoms with Gasteiger partial charge in [0.15, 0.2) is 5.82 Å². The monoisotopic (exact) mass is 533 g/mol. The van der Waals surface area contributed by atoms with Crippen molar-refractivity contribution in [3.05, 3.63) is 114 Å². The van der Waals surface area contributed by atoms with E-state index >= 15 is 0 Å². The molecule has 1 saturated heterocycles. The molecule has 0 bridgehead atoms.